The highest BCUT2D eigenvalue weighted by atomic mass is 16.5. The van der Waals surface area contributed by atoms with Gasteiger partial charge in [-0.3, -0.25) is 14.5 Å². The lowest BCUT2D eigenvalue weighted by Crippen LogP contribution is -2.34. The molecule has 1 aliphatic carbocycles. The van der Waals surface area contributed by atoms with E-state index in [4.69, 9.17) is 4.74 Å². The van der Waals surface area contributed by atoms with Gasteiger partial charge in [0.05, 0.1) is 17.9 Å². The van der Waals surface area contributed by atoms with Crippen molar-refractivity contribution in [1.82, 2.24) is 20.1 Å². The van der Waals surface area contributed by atoms with Gasteiger partial charge in [-0.15, -0.1) is 0 Å². The zero-order valence-corrected chi connectivity index (χ0v) is 15.0. The van der Waals surface area contributed by atoms with E-state index in [1.54, 1.807) is 4.68 Å². The lowest BCUT2D eigenvalue weighted by atomic mass is 9.98. The van der Waals surface area contributed by atoms with Crippen LogP contribution in [0.5, 0.6) is 0 Å². The molecule has 132 valence electrons. The van der Waals surface area contributed by atoms with Crippen LogP contribution in [0.2, 0.25) is 0 Å². The summed E-state index contributed by atoms with van der Waals surface area (Å²) in [4.78, 5) is 17.3. The minimum atomic E-state index is -0.0969. The minimum Gasteiger partial charge on any atom is -0.369 e. The van der Waals surface area contributed by atoms with Gasteiger partial charge in [-0.25, -0.2) is 0 Å². The molecule has 0 spiro atoms. The van der Waals surface area contributed by atoms with Gasteiger partial charge in [0.2, 0.25) is 0 Å². The maximum atomic E-state index is 12.8. The van der Waals surface area contributed by atoms with Crippen molar-refractivity contribution in [3.8, 4) is 0 Å². The molecule has 6 heteroatoms. The Morgan fingerprint density at radius 2 is 2.20 bits per heavy atom. The first-order chi connectivity index (χ1) is 12.0. The molecule has 25 heavy (non-hydrogen) atoms. The Morgan fingerprint density at radius 1 is 1.40 bits per heavy atom. The molecule has 1 aliphatic heterocycles. The average Bonchev–Trinajstić information content (AvgIpc) is 3.31. The van der Waals surface area contributed by atoms with Crippen LogP contribution in [0.1, 0.15) is 60.2 Å². The van der Waals surface area contributed by atoms with Crippen molar-refractivity contribution in [3.63, 3.8) is 0 Å². The quantitative estimate of drug-likeness (QED) is 0.927. The molecular weight excluding hydrogens is 316 g/mol. The van der Waals surface area contributed by atoms with E-state index in [-0.39, 0.29) is 23.5 Å². The van der Waals surface area contributed by atoms with E-state index in [1.165, 1.54) is 0 Å². The van der Waals surface area contributed by atoms with Gasteiger partial charge >= 0.3 is 0 Å². The summed E-state index contributed by atoms with van der Waals surface area (Å²) >= 11 is 0. The lowest BCUT2D eigenvalue weighted by molar-refractivity contribution is -0.00903. The fourth-order valence-corrected chi connectivity index (χ4v) is 3.91. The first-order valence-corrected chi connectivity index (χ1v) is 8.91. The van der Waals surface area contributed by atoms with E-state index in [2.05, 4.69) is 15.4 Å². The van der Waals surface area contributed by atoms with Crippen LogP contribution in [0.4, 0.5) is 0 Å². The number of rotatable bonds is 4. The molecule has 1 amide bonds. The summed E-state index contributed by atoms with van der Waals surface area (Å²) in [7, 11) is 1.88. The molecule has 0 aromatic carbocycles. The second-order valence-electron chi connectivity index (χ2n) is 7.31. The van der Waals surface area contributed by atoms with Gasteiger partial charge in [-0.2, -0.15) is 5.10 Å². The van der Waals surface area contributed by atoms with E-state index in [0.29, 0.717) is 12.2 Å². The minimum absolute atomic E-state index is 0.00451. The monoisotopic (exact) mass is 340 g/mol. The van der Waals surface area contributed by atoms with Gasteiger partial charge in [0.25, 0.3) is 5.91 Å². The summed E-state index contributed by atoms with van der Waals surface area (Å²) in [5, 5.41) is 7.58. The first-order valence-electron chi connectivity index (χ1n) is 8.91. The number of nitrogens with one attached hydrogen (secondary N) is 1. The Balaban J connectivity index is 1.52. The Labute approximate surface area is 147 Å². The molecule has 0 unspecified atom stereocenters. The predicted octanol–water partition coefficient (Wildman–Crippen LogP) is 2.30. The van der Waals surface area contributed by atoms with Crippen LogP contribution in [0, 0.1) is 0 Å². The number of aromatic nitrogens is 3. The van der Waals surface area contributed by atoms with Gasteiger partial charge in [-0.05, 0) is 38.8 Å². The molecule has 3 heterocycles. The molecule has 2 aliphatic rings. The molecule has 1 N–H and O–H groups in total. The summed E-state index contributed by atoms with van der Waals surface area (Å²) in [6.07, 6.45) is 4.72. The molecule has 2 aromatic heterocycles. The highest BCUT2D eigenvalue weighted by Gasteiger charge is 2.46. The average molecular weight is 340 g/mol. The van der Waals surface area contributed by atoms with Crippen molar-refractivity contribution < 1.29 is 9.53 Å². The number of hydrogen-bond donors (Lipinski definition) is 1. The van der Waals surface area contributed by atoms with Crippen molar-refractivity contribution in [2.45, 2.75) is 50.7 Å². The molecule has 1 saturated carbocycles. The largest absolute Gasteiger partial charge is 0.369 e. The Bertz CT molecular complexity index is 795. The summed E-state index contributed by atoms with van der Waals surface area (Å²) in [5.41, 5.74) is 3.63. The number of pyridine rings is 1. The molecule has 1 fully saturated rings. The van der Waals surface area contributed by atoms with Crippen LogP contribution in [-0.2, 0) is 23.6 Å². The summed E-state index contributed by atoms with van der Waals surface area (Å²) in [5.74, 6) is -0.0969. The lowest BCUT2D eigenvalue weighted by Gasteiger charge is -2.26. The van der Waals surface area contributed by atoms with Gasteiger partial charge in [0.1, 0.15) is 0 Å². The van der Waals surface area contributed by atoms with E-state index >= 15 is 0 Å². The van der Waals surface area contributed by atoms with Crippen LogP contribution in [0.3, 0.4) is 0 Å². The third kappa shape index (κ3) is 2.84. The van der Waals surface area contributed by atoms with E-state index in [0.717, 1.165) is 36.2 Å². The number of carbonyl (C=O) groups excluding carboxylic acids is 1. The third-order valence-electron chi connectivity index (χ3n) is 5.37. The summed E-state index contributed by atoms with van der Waals surface area (Å²) in [6.45, 7) is 4.66. The summed E-state index contributed by atoms with van der Waals surface area (Å²) in [6, 6.07) is 5.97. The molecule has 0 bridgehead atoms. The predicted molar refractivity (Wildman–Crippen MR) is 93.4 cm³/mol. The fraction of sp³-hybridized carbons (Fsp3) is 0.526. The topological polar surface area (TPSA) is 69.0 Å². The van der Waals surface area contributed by atoms with Crippen molar-refractivity contribution in [2.75, 3.05) is 6.54 Å². The Hall–Kier alpha value is -2.21. The van der Waals surface area contributed by atoms with Gasteiger partial charge < -0.3 is 10.1 Å². The zero-order chi connectivity index (χ0) is 17.6. The van der Waals surface area contributed by atoms with Crippen LogP contribution in [0.15, 0.2) is 24.4 Å². The zero-order valence-electron chi connectivity index (χ0n) is 15.0. The molecule has 0 saturated heterocycles. The number of ether oxygens (including phenoxy) is 1. The van der Waals surface area contributed by atoms with Crippen molar-refractivity contribution in [2.24, 2.45) is 7.05 Å². The number of aryl methyl sites for hydroxylation is 1. The van der Waals surface area contributed by atoms with Gasteiger partial charge in [0, 0.05) is 42.9 Å². The highest BCUT2D eigenvalue weighted by molar-refractivity contribution is 5.94. The second-order valence-corrected chi connectivity index (χ2v) is 7.31. The highest BCUT2D eigenvalue weighted by Crippen LogP contribution is 2.46. The van der Waals surface area contributed by atoms with Crippen molar-refractivity contribution in [1.29, 1.82) is 0 Å². The van der Waals surface area contributed by atoms with Crippen LogP contribution in [-0.4, -0.2) is 33.3 Å². The molecular formula is C19H24N4O2. The number of fused-ring (bicyclic) bond motifs is 1. The summed E-state index contributed by atoms with van der Waals surface area (Å²) < 4.78 is 7.65. The maximum absolute atomic E-state index is 12.8. The van der Waals surface area contributed by atoms with Crippen LogP contribution >= 0.6 is 0 Å². The van der Waals surface area contributed by atoms with Crippen molar-refractivity contribution in [3.05, 3.63) is 47.0 Å². The van der Waals surface area contributed by atoms with Crippen LogP contribution in [0.25, 0.3) is 0 Å². The molecule has 2 aromatic rings. The maximum Gasteiger partial charge on any atom is 0.272 e. The number of amides is 1. The van der Waals surface area contributed by atoms with Crippen LogP contribution < -0.4 is 5.32 Å². The number of carbonyl (C=O) groups is 1. The van der Waals surface area contributed by atoms with E-state index in [9.17, 15) is 4.79 Å². The molecule has 0 radical (unpaired) electrons. The molecule has 4 rings (SSSR count). The van der Waals surface area contributed by atoms with E-state index < -0.39 is 0 Å². The van der Waals surface area contributed by atoms with Gasteiger partial charge in [0.15, 0.2) is 5.69 Å². The Morgan fingerprint density at radius 3 is 2.88 bits per heavy atom. The number of nitrogens with zero attached hydrogens (tertiary/aromatic N) is 3. The third-order valence-corrected chi connectivity index (χ3v) is 5.37. The van der Waals surface area contributed by atoms with Crippen molar-refractivity contribution >= 4 is 5.91 Å². The Kier molecular flexibility index (Phi) is 3.87. The molecule has 6 nitrogen and oxygen atoms in total. The SMILES string of the molecule is C[C@@H]1Cc2c(C(=O)NCC3(c4ccccn4)CC3)nn(C)c2[C@H](C)O1. The smallest absolute Gasteiger partial charge is 0.272 e. The van der Waals surface area contributed by atoms with E-state index in [1.807, 2.05) is 45.3 Å². The second kappa shape index (κ2) is 5.95. The normalized spacial score (nSPS) is 23.8. The number of hydrogen-bond acceptors (Lipinski definition) is 4. The molecule has 2 atom stereocenters. The first kappa shape index (κ1) is 16.3. The van der Waals surface area contributed by atoms with Gasteiger partial charge in [-0.1, -0.05) is 6.07 Å². The fourth-order valence-electron chi connectivity index (χ4n) is 3.91. The standard InChI is InChI=1S/C19H24N4O2/c1-12-10-14-16(22-23(3)17(14)13(2)25-12)18(24)21-11-19(7-8-19)15-6-4-5-9-20-15/h4-6,9,12-13H,7-8,10-11H2,1-3H3,(H,21,24)/t12-,13+/m1/s1.